The van der Waals surface area contributed by atoms with Crippen LogP contribution in [0.2, 0.25) is 0 Å². The highest BCUT2D eigenvalue weighted by atomic mass is 14.8. The second kappa shape index (κ2) is 13.0. The number of aromatic nitrogens is 5. The van der Waals surface area contributed by atoms with Crippen molar-refractivity contribution in [3.63, 3.8) is 0 Å². The minimum absolute atomic E-state index is 0.896. The van der Waals surface area contributed by atoms with Crippen molar-refractivity contribution < 1.29 is 0 Å². The average Bonchev–Trinajstić information content (AvgIpc) is 3.28. The molecule has 0 aliphatic carbocycles. The van der Waals surface area contributed by atoms with Crippen molar-refractivity contribution in [2.45, 2.75) is 0 Å². The van der Waals surface area contributed by atoms with E-state index in [-0.39, 0.29) is 0 Å². The molecule has 6 aromatic carbocycles. The summed E-state index contributed by atoms with van der Waals surface area (Å²) in [6.07, 6.45) is 1.90. The molecule has 0 aliphatic rings. The van der Waals surface area contributed by atoms with Gasteiger partial charge in [-0.2, -0.15) is 0 Å². The van der Waals surface area contributed by atoms with Gasteiger partial charge in [0, 0.05) is 55.4 Å². The van der Waals surface area contributed by atoms with Crippen molar-refractivity contribution in [1.29, 1.82) is 0 Å². The first-order valence-corrected chi connectivity index (χ1v) is 18.7. The van der Waals surface area contributed by atoms with Gasteiger partial charge in [0.2, 0.25) is 0 Å². The molecule has 0 spiro atoms. The van der Waals surface area contributed by atoms with E-state index < -0.39 is 0 Å². The molecule has 0 radical (unpaired) electrons. The summed E-state index contributed by atoms with van der Waals surface area (Å²) in [5.41, 5.74) is 14.7. The Labute approximate surface area is 322 Å². The van der Waals surface area contributed by atoms with E-state index in [1.54, 1.807) is 0 Å². The third-order valence-electron chi connectivity index (χ3n) is 10.6. The highest BCUT2D eigenvalue weighted by molar-refractivity contribution is 6.04. The lowest BCUT2D eigenvalue weighted by Crippen LogP contribution is -1.91. The number of hydrogen-bond acceptors (Lipinski definition) is 5. The third-order valence-corrected chi connectivity index (χ3v) is 10.6. The lowest BCUT2D eigenvalue weighted by atomic mass is 10.00. The van der Waals surface area contributed by atoms with E-state index in [2.05, 4.69) is 151 Å². The van der Waals surface area contributed by atoms with E-state index in [9.17, 15) is 0 Å². The molecule has 5 heteroatoms. The van der Waals surface area contributed by atoms with Gasteiger partial charge in [-0.15, -0.1) is 0 Å². The largest absolute Gasteiger partial charge is 0.256 e. The number of hydrogen-bond donors (Lipinski definition) is 0. The highest BCUT2D eigenvalue weighted by Gasteiger charge is 2.12. The van der Waals surface area contributed by atoms with E-state index >= 15 is 0 Å². The molecular weight excluding hydrogens is 683 g/mol. The summed E-state index contributed by atoms with van der Waals surface area (Å²) < 4.78 is 0. The van der Waals surface area contributed by atoms with Crippen molar-refractivity contribution in [3.05, 3.63) is 188 Å². The topological polar surface area (TPSA) is 64.5 Å². The zero-order valence-corrected chi connectivity index (χ0v) is 30.1. The van der Waals surface area contributed by atoms with Gasteiger partial charge >= 0.3 is 0 Å². The first-order valence-electron chi connectivity index (χ1n) is 18.7. The summed E-state index contributed by atoms with van der Waals surface area (Å²) in [7, 11) is 0. The van der Waals surface area contributed by atoms with Crippen LogP contribution in [0.5, 0.6) is 0 Å². The molecule has 5 aromatic heterocycles. The van der Waals surface area contributed by atoms with Crippen molar-refractivity contribution in [2.75, 3.05) is 0 Å². The number of benzene rings is 6. The molecule has 0 aliphatic heterocycles. The van der Waals surface area contributed by atoms with Gasteiger partial charge in [0.25, 0.3) is 0 Å². The van der Waals surface area contributed by atoms with E-state index in [1.807, 2.05) is 42.6 Å². The summed E-state index contributed by atoms with van der Waals surface area (Å²) in [4.78, 5) is 25.1. The highest BCUT2D eigenvalue weighted by Crippen LogP contribution is 2.33. The number of nitrogens with zero attached hydrogens (tertiary/aromatic N) is 5. The van der Waals surface area contributed by atoms with Crippen LogP contribution in [-0.4, -0.2) is 24.9 Å². The smallest absolute Gasteiger partial charge is 0.0972 e. The van der Waals surface area contributed by atoms with Crippen LogP contribution in [0.3, 0.4) is 0 Å². The number of para-hydroxylation sites is 1. The minimum Gasteiger partial charge on any atom is -0.256 e. The van der Waals surface area contributed by atoms with Gasteiger partial charge in [-0.05, 0) is 71.8 Å². The Hall–Kier alpha value is -7.63. The average molecular weight is 714 g/mol. The lowest BCUT2D eigenvalue weighted by Gasteiger charge is -2.10. The van der Waals surface area contributed by atoms with Crippen molar-refractivity contribution in [1.82, 2.24) is 24.9 Å². The van der Waals surface area contributed by atoms with Crippen LogP contribution in [0.25, 0.3) is 111 Å². The fourth-order valence-corrected chi connectivity index (χ4v) is 7.67. The van der Waals surface area contributed by atoms with Gasteiger partial charge in [0.1, 0.15) is 0 Å². The Morgan fingerprint density at radius 3 is 1.55 bits per heavy atom. The monoisotopic (exact) mass is 713 g/mol. The lowest BCUT2D eigenvalue weighted by molar-refractivity contribution is 1.35. The molecule has 0 bridgehead atoms. The molecular formula is C51H31N5. The first-order chi connectivity index (χ1) is 27.7. The zero-order chi connectivity index (χ0) is 37.0. The van der Waals surface area contributed by atoms with Crippen molar-refractivity contribution in [2.24, 2.45) is 0 Å². The summed E-state index contributed by atoms with van der Waals surface area (Å²) in [5.74, 6) is 0. The molecule has 0 amide bonds. The van der Waals surface area contributed by atoms with Crippen molar-refractivity contribution >= 4 is 54.5 Å². The second-order valence-corrected chi connectivity index (χ2v) is 14.2. The molecule has 0 N–H and O–H groups in total. The van der Waals surface area contributed by atoms with Crippen LogP contribution in [-0.2, 0) is 0 Å². The van der Waals surface area contributed by atoms with Gasteiger partial charge in [0.05, 0.1) is 50.4 Å². The molecule has 5 heterocycles. The molecule has 11 rings (SSSR count). The van der Waals surface area contributed by atoms with Crippen LogP contribution in [0, 0.1) is 0 Å². The van der Waals surface area contributed by atoms with Crippen LogP contribution in [0.4, 0.5) is 0 Å². The second-order valence-electron chi connectivity index (χ2n) is 14.2. The minimum atomic E-state index is 0.896. The molecule has 0 atom stereocenters. The SMILES string of the molecule is c1ccc(-c2ccc3ccc4ccc(-c5cccc(-c6ccc7cc(-c8ccc9ccc(-c%10cnc%11ccccc%11c%10)nc9c8)ccc7n6)c5)nc4c3n2)cc1. The first kappa shape index (κ1) is 31.9. The van der Waals surface area contributed by atoms with E-state index in [1.165, 1.54) is 0 Å². The van der Waals surface area contributed by atoms with Gasteiger partial charge in [-0.1, -0.05) is 121 Å². The van der Waals surface area contributed by atoms with Crippen LogP contribution >= 0.6 is 0 Å². The zero-order valence-electron chi connectivity index (χ0n) is 30.1. The predicted octanol–water partition coefficient (Wildman–Crippen LogP) is 12.8. The fourth-order valence-electron chi connectivity index (χ4n) is 7.67. The van der Waals surface area contributed by atoms with Crippen LogP contribution in [0.1, 0.15) is 0 Å². The van der Waals surface area contributed by atoms with Gasteiger partial charge in [-0.25, -0.2) is 19.9 Å². The quantitative estimate of drug-likeness (QED) is 0.166. The predicted molar refractivity (Wildman–Crippen MR) is 230 cm³/mol. The Morgan fingerprint density at radius 1 is 0.250 bits per heavy atom. The van der Waals surface area contributed by atoms with Gasteiger partial charge in [0.15, 0.2) is 0 Å². The molecule has 0 unspecified atom stereocenters. The molecule has 0 saturated carbocycles. The Balaban J connectivity index is 0.903. The van der Waals surface area contributed by atoms with E-state index in [0.29, 0.717) is 0 Å². The van der Waals surface area contributed by atoms with Gasteiger partial charge < -0.3 is 0 Å². The summed E-state index contributed by atoms with van der Waals surface area (Å²) >= 11 is 0. The normalized spacial score (nSPS) is 11.6. The maximum atomic E-state index is 5.19. The number of pyridine rings is 5. The Morgan fingerprint density at radius 2 is 0.768 bits per heavy atom. The fraction of sp³-hybridized carbons (Fsp3) is 0. The van der Waals surface area contributed by atoms with Crippen LogP contribution in [0.15, 0.2) is 188 Å². The summed E-state index contributed by atoms with van der Waals surface area (Å²) in [6.45, 7) is 0. The summed E-state index contributed by atoms with van der Waals surface area (Å²) in [5, 5.41) is 5.42. The molecule has 0 fully saturated rings. The molecule has 11 aromatic rings. The standard InChI is InChI=1S/C51H31N5/c1-2-7-32(8-3-1)44-23-18-34-14-15-35-19-24-47(56-51(35)50(34)55-44)40-11-6-10-39(28-40)45-26-21-41-27-36(20-25-46(41)53-45)37-16-13-33-17-22-48(54-49(33)30-37)42-29-38-9-4-5-12-43(38)52-31-42/h1-31H. The third kappa shape index (κ3) is 5.70. The van der Waals surface area contributed by atoms with E-state index in [0.717, 1.165) is 111 Å². The number of fused-ring (bicyclic) bond motifs is 6. The Kier molecular flexibility index (Phi) is 7.42. The molecule has 260 valence electrons. The number of rotatable bonds is 5. The summed E-state index contributed by atoms with van der Waals surface area (Å²) in [6, 6.07) is 63.2. The Bertz CT molecular complexity index is 3320. The van der Waals surface area contributed by atoms with Gasteiger partial charge in [-0.3, -0.25) is 4.98 Å². The maximum Gasteiger partial charge on any atom is 0.0972 e. The molecule has 0 saturated heterocycles. The molecule has 5 nitrogen and oxygen atoms in total. The maximum absolute atomic E-state index is 5.19. The van der Waals surface area contributed by atoms with E-state index in [4.69, 9.17) is 19.9 Å². The van der Waals surface area contributed by atoms with Crippen LogP contribution < -0.4 is 0 Å². The van der Waals surface area contributed by atoms with Crippen molar-refractivity contribution in [3.8, 4) is 56.2 Å². The molecule has 56 heavy (non-hydrogen) atoms.